The molecule has 1 aromatic carbocycles. The Morgan fingerprint density at radius 3 is 2.57 bits per heavy atom. The van der Waals surface area contributed by atoms with E-state index in [1.54, 1.807) is 0 Å². The molecule has 1 amide bonds. The lowest BCUT2D eigenvalue weighted by atomic mass is 10.0. The van der Waals surface area contributed by atoms with Crippen LogP contribution in [0.3, 0.4) is 0 Å². The lowest BCUT2D eigenvalue weighted by molar-refractivity contribution is 0.0913. The van der Waals surface area contributed by atoms with Gasteiger partial charge in [0.1, 0.15) is 0 Å². The molecule has 0 aliphatic carbocycles. The van der Waals surface area contributed by atoms with E-state index in [2.05, 4.69) is 24.1 Å². The van der Waals surface area contributed by atoms with Crippen molar-refractivity contribution < 1.29 is 4.79 Å². The fourth-order valence-electron chi connectivity index (χ4n) is 2.83. The predicted octanol–water partition coefficient (Wildman–Crippen LogP) is 2.39. The van der Waals surface area contributed by atoms with Gasteiger partial charge in [-0.1, -0.05) is 19.9 Å². The van der Waals surface area contributed by atoms with Crippen LogP contribution in [0, 0.1) is 12.8 Å². The molecule has 21 heavy (non-hydrogen) atoms. The molecule has 1 saturated heterocycles. The van der Waals surface area contributed by atoms with Gasteiger partial charge in [0, 0.05) is 31.4 Å². The molecule has 4 heteroatoms. The summed E-state index contributed by atoms with van der Waals surface area (Å²) in [6, 6.07) is 5.84. The summed E-state index contributed by atoms with van der Waals surface area (Å²) in [4.78, 5) is 14.7. The predicted molar refractivity (Wildman–Crippen MR) is 87.1 cm³/mol. The summed E-state index contributed by atoms with van der Waals surface area (Å²) in [5.74, 6) is 1.38. The maximum atomic E-state index is 12.3. The van der Waals surface area contributed by atoms with Crippen molar-refractivity contribution in [1.29, 1.82) is 0 Å². The molecule has 1 aromatic rings. The SMILES string of the molecule is C[C](C)CN1CCC(NC(=O)c2ccc(C)cc2N)CC1. The smallest absolute Gasteiger partial charge is 0.253 e. The van der Waals surface area contributed by atoms with E-state index >= 15 is 0 Å². The Balaban J connectivity index is 1.87. The Morgan fingerprint density at radius 2 is 2.00 bits per heavy atom. The van der Waals surface area contributed by atoms with Crippen LogP contribution >= 0.6 is 0 Å². The molecule has 0 saturated carbocycles. The first kappa shape index (κ1) is 15.8. The highest BCUT2D eigenvalue weighted by molar-refractivity contribution is 5.99. The number of carbonyl (C=O) groups excluding carboxylic acids is 1. The fraction of sp³-hybridized carbons (Fsp3) is 0.529. The second-order valence-electron chi connectivity index (χ2n) is 6.32. The zero-order valence-corrected chi connectivity index (χ0v) is 13.3. The Morgan fingerprint density at radius 1 is 1.33 bits per heavy atom. The Labute approximate surface area is 127 Å². The number of anilines is 1. The summed E-state index contributed by atoms with van der Waals surface area (Å²) >= 11 is 0. The number of nitrogens with one attached hydrogen (secondary N) is 1. The monoisotopic (exact) mass is 288 g/mol. The second-order valence-corrected chi connectivity index (χ2v) is 6.32. The zero-order valence-electron chi connectivity index (χ0n) is 13.3. The summed E-state index contributed by atoms with van der Waals surface area (Å²) in [5.41, 5.74) is 8.15. The molecular weight excluding hydrogens is 262 g/mol. The zero-order chi connectivity index (χ0) is 15.4. The van der Waals surface area contributed by atoms with Gasteiger partial charge in [-0.15, -0.1) is 0 Å². The van der Waals surface area contributed by atoms with E-state index < -0.39 is 0 Å². The quantitative estimate of drug-likeness (QED) is 0.836. The largest absolute Gasteiger partial charge is 0.398 e. The van der Waals surface area contributed by atoms with Crippen molar-refractivity contribution in [3.8, 4) is 0 Å². The number of piperidine rings is 1. The average molecular weight is 288 g/mol. The first-order valence-electron chi connectivity index (χ1n) is 7.64. The van der Waals surface area contributed by atoms with Gasteiger partial charge in [0.05, 0.1) is 5.56 Å². The van der Waals surface area contributed by atoms with E-state index in [9.17, 15) is 4.79 Å². The van der Waals surface area contributed by atoms with Crippen molar-refractivity contribution in [3.63, 3.8) is 0 Å². The van der Waals surface area contributed by atoms with Gasteiger partial charge < -0.3 is 16.0 Å². The van der Waals surface area contributed by atoms with Gasteiger partial charge in [-0.2, -0.15) is 0 Å². The van der Waals surface area contributed by atoms with Crippen LogP contribution in [0.2, 0.25) is 0 Å². The minimum atomic E-state index is -0.0517. The van der Waals surface area contributed by atoms with E-state index in [1.807, 2.05) is 25.1 Å². The maximum absolute atomic E-state index is 12.3. The van der Waals surface area contributed by atoms with E-state index in [4.69, 9.17) is 5.73 Å². The molecule has 0 spiro atoms. The number of nitrogens with two attached hydrogens (primary N) is 1. The van der Waals surface area contributed by atoms with Gasteiger partial charge in [-0.25, -0.2) is 0 Å². The topological polar surface area (TPSA) is 58.4 Å². The van der Waals surface area contributed by atoms with Crippen LogP contribution in [0.1, 0.15) is 42.6 Å². The van der Waals surface area contributed by atoms with E-state index in [0.717, 1.165) is 38.0 Å². The molecule has 4 nitrogen and oxygen atoms in total. The highest BCUT2D eigenvalue weighted by atomic mass is 16.1. The summed E-state index contributed by atoms with van der Waals surface area (Å²) in [7, 11) is 0. The number of hydrogen-bond donors (Lipinski definition) is 2. The standard InChI is InChI=1S/C17H26N3O/c1-12(2)11-20-8-6-14(7-9-20)19-17(21)15-5-4-13(3)10-16(15)18/h4-5,10,14H,6-9,11,18H2,1-3H3,(H,19,21). The molecule has 3 N–H and O–H groups in total. The third kappa shape index (κ3) is 4.46. The number of rotatable bonds is 4. The van der Waals surface area contributed by atoms with Gasteiger partial charge >= 0.3 is 0 Å². The summed E-state index contributed by atoms with van der Waals surface area (Å²) in [6.07, 6.45) is 2.01. The molecule has 0 atom stereocenters. The number of nitrogens with zero attached hydrogens (tertiary/aromatic N) is 1. The van der Waals surface area contributed by atoms with Gasteiger partial charge in [0.25, 0.3) is 5.91 Å². The van der Waals surface area contributed by atoms with Crippen LogP contribution in [0.5, 0.6) is 0 Å². The van der Waals surface area contributed by atoms with Crippen molar-refractivity contribution in [1.82, 2.24) is 10.2 Å². The van der Waals surface area contributed by atoms with E-state index in [-0.39, 0.29) is 11.9 Å². The number of benzene rings is 1. The van der Waals surface area contributed by atoms with Crippen molar-refractivity contribution in [2.75, 3.05) is 25.4 Å². The first-order valence-corrected chi connectivity index (χ1v) is 7.64. The summed E-state index contributed by atoms with van der Waals surface area (Å²) < 4.78 is 0. The molecule has 2 rings (SSSR count). The van der Waals surface area contributed by atoms with Crippen molar-refractivity contribution in [2.24, 2.45) is 0 Å². The van der Waals surface area contributed by atoms with Crippen LogP contribution in [0.4, 0.5) is 5.69 Å². The Hall–Kier alpha value is -1.55. The highest BCUT2D eigenvalue weighted by Crippen LogP contribution is 2.16. The maximum Gasteiger partial charge on any atom is 0.253 e. The molecule has 1 fully saturated rings. The van der Waals surface area contributed by atoms with Crippen molar-refractivity contribution >= 4 is 11.6 Å². The fourth-order valence-corrected chi connectivity index (χ4v) is 2.83. The third-order valence-electron chi connectivity index (χ3n) is 3.91. The lowest BCUT2D eigenvalue weighted by Crippen LogP contribution is -2.45. The van der Waals surface area contributed by atoms with Gasteiger partial charge in [0.2, 0.25) is 0 Å². The number of likely N-dealkylation sites (tertiary alicyclic amines) is 1. The number of nitrogen functional groups attached to an aromatic ring is 1. The molecule has 1 aliphatic rings. The normalized spacial score (nSPS) is 17.1. The molecule has 0 unspecified atom stereocenters. The van der Waals surface area contributed by atoms with Crippen LogP contribution in [-0.2, 0) is 0 Å². The Kier molecular flexibility index (Phi) is 5.23. The van der Waals surface area contributed by atoms with Gasteiger partial charge in [-0.3, -0.25) is 4.79 Å². The van der Waals surface area contributed by atoms with Crippen LogP contribution in [-0.4, -0.2) is 36.5 Å². The summed E-state index contributed by atoms with van der Waals surface area (Å²) in [6.45, 7) is 9.44. The van der Waals surface area contributed by atoms with E-state index in [0.29, 0.717) is 11.3 Å². The van der Waals surface area contributed by atoms with Crippen LogP contribution < -0.4 is 11.1 Å². The second kappa shape index (κ2) is 6.94. The van der Waals surface area contributed by atoms with Crippen molar-refractivity contribution in [3.05, 3.63) is 35.2 Å². The summed E-state index contributed by atoms with van der Waals surface area (Å²) in [5, 5.41) is 3.12. The molecule has 1 heterocycles. The van der Waals surface area contributed by atoms with Crippen molar-refractivity contribution in [2.45, 2.75) is 39.7 Å². The average Bonchev–Trinajstić information content (AvgIpc) is 2.40. The minimum Gasteiger partial charge on any atom is -0.398 e. The lowest BCUT2D eigenvalue weighted by Gasteiger charge is -2.33. The number of aryl methyl sites for hydroxylation is 1. The Bertz CT molecular complexity index is 491. The molecule has 1 radical (unpaired) electrons. The first-order chi connectivity index (χ1) is 9.95. The third-order valence-corrected chi connectivity index (χ3v) is 3.91. The number of amides is 1. The number of carbonyl (C=O) groups is 1. The van der Waals surface area contributed by atoms with Gasteiger partial charge in [0.15, 0.2) is 0 Å². The van der Waals surface area contributed by atoms with E-state index in [1.165, 1.54) is 5.92 Å². The molecule has 0 bridgehead atoms. The van der Waals surface area contributed by atoms with Crippen LogP contribution in [0.15, 0.2) is 18.2 Å². The molecule has 115 valence electrons. The molecular formula is C17H26N3O. The molecule has 1 aliphatic heterocycles. The van der Waals surface area contributed by atoms with Gasteiger partial charge in [-0.05, 0) is 43.4 Å². The molecule has 0 aromatic heterocycles. The van der Waals surface area contributed by atoms with Crippen LogP contribution in [0.25, 0.3) is 0 Å². The highest BCUT2D eigenvalue weighted by Gasteiger charge is 2.22. The minimum absolute atomic E-state index is 0.0517. The number of hydrogen-bond acceptors (Lipinski definition) is 3.